The number of nitrogens with two attached hydrogens (primary N) is 1. The number of halogens is 3. The van der Waals surface area contributed by atoms with E-state index in [1.54, 1.807) is 6.07 Å². The van der Waals surface area contributed by atoms with Crippen molar-refractivity contribution in [1.29, 1.82) is 0 Å². The zero-order valence-electron chi connectivity index (χ0n) is 10.3. The van der Waals surface area contributed by atoms with Crippen LogP contribution in [0, 0.1) is 12.8 Å². The lowest BCUT2D eigenvalue weighted by Gasteiger charge is -2.35. The van der Waals surface area contributed by atoms with E-state index >= 15 is 0 Å². The van der Waals surface area contributed by atoms with Crippen LogP contribution in [-0.4, -0.2) is 19.3 Å². The minimum atomic E-state index is -4.07. The molecule has 2 nitrogen and oxygen atoms in total. The van der Waals surface area contributed by atoms with Gasteiger partial charge < -0.3 is 10.6 Å². The average Bonchev–Trinajstić information content (AvgIpc) is 2.28. The molecule has 2 rings (SSSR count). The van der Waals surface area contributed by atoms with Crippen molar-refractivity contribution in [2.75, 3.05) is 23.7 Å². The molecular formula is C13H17F3N2. The Morgan fingerprint density at radius 3 is 2.33 bits per heavy atom. The molecule has 0 amide bonds. The van der Waals surface area contributed by atoms with E-state index in [-0.39, 0.29) is 12.8 Å². The van der Waals surface area contributed by atoms with Crippen molar-refractivity contribution in [2.45, 2.75) is 25.9 Å². The summed E-state index contributed by atoms with van der Waals surface area (Å²) in [6, 6.07) is 5.58. The number of piperidine rings is 1. The Bertz CT molecular complexity index is 400. The maximum Gasteiger partial charge on any atom is 0.391 e. The molecule has 18 heavy (non-hydrogen) atoms. The smallest absolute Gasteiger partial charge is 0.391 e. The summed E-state index contributed by atoms with van der Waals surface area (Å²) >= 11 is 0. The molecule has 100 valence electrons. The number of alkyl halides is 3. The van der Waals surface area contributed by atoms with Crippen LogP contribution in [0.5, 0.6) is 0 Å². The second kappa shape index (κ2) is 4.71. The maximum atomic E-state index is 12.6. The molecule has 0 unspecified atom stereocenters. The van der Waals surface area contributed by atoms with Crippen LogP contribution >= 0.6 is 0 Å². The van der Waals surface area contributed by atoms with Gasteiger partial charge in [0.15, 0.2) is 0 Å². The highest BCUT2D eigenvalue weighted by Gasteiger charge is 2.41. The molecule has 0 radical (unpaired) electrons. The Morgan fingerprint density at radius 2 is 1.83 bits per heavy atom. The molecule has 1 heterocycles. The topological polar surface area (TPSA) is 29.3 Å². The van der Waals surface area contributed by atoms with E-state index in [0.29, 0.717) is 18.8 Å². The van der Waals surface area contributed by atoms with Gasteiger partial charge in [0, 0.05) is 13.1 Å². The first-order valence-corrected chi connectivity index (χ1v) is 6.06. The standard InChI is InChI=1S/C13H17F3N2/c1-9-3-2-4-11(17)12(9)18-7-5-10(6-8-18)13(14,15)16/h2-4,10H,5-8,17H2,1H3. The van der Waals surface area contributed by atoms with Crippen molar-refractivity contribution in [3.63, 3.8) is 0 Å². The van der Waals surface area contributed by atoms with Crippen molar-refractivity contribution >= 4 is 11.4 Å². The summed E-state index contributed by atoms with van der Waals surface area (Å²) in [6.07, 6.45) is -3.77. The van der Waals surface area contributed by atoms with Gasteiger partial charge in [0.2, 0.25) is 0 Å². The zero-order chi connectivity index (χ0) is 13.3. The van der Waals surface area contributed by atoms with Gasteiger partial charge in [0.05, 0.1) is 17.3 Å². The summed E-state index contributed by atoms with van der Waals surface area (Å²) in [5.74, 6) is -1.17. The Labute approximate surface area is 105 Å². The Hall–Kier alpha value is -1.39. The molecule has 1 aromatic carbocycles. The third kappa shape index (κ3) is 2.54. The first-order chi connectivity index (χ1) is 8.39. The van der Waals surface area contributed by atoms with Gasteiger partial charge in [-0.3, -0.25) is 0 Å². The fourth-order valence-corrected chi connectivity index (χ4v) is 2.54. The highest BCUT2D eigenvalue weighted by Crippen LogP contribution is 2.37. The number of hydrogen-bond donors (Lipinski definition) is 1. The van der Waals surface area contributed by atoms with E-state index in [4.69, 9.17) is 5.73 Å². The number of para-hydroxylation sites is 1. The van der Waals surface area contributed by atoms with Gasteiger partial charge in [-0.1, -0.05) is 12.1 Å². The SMILES string of the molecule is Cc1cccc(N)c1N1CCC(C(F)(F)F)CC1. The van der Waals surface area contributed by atoms with Crippen LogP contribution in [0.1, 0.15) is 18.4 Å². The molecule has 0 aromatic heterocycles. The molecule has 0 bridgehead atoms. The molecule has 2 N–H and O–H groups in total. The number of hydrogen-bond acceptors (Lipinski definition) is 2. The Kier molecular flexibility index (Phi) is 3.41. The van der Waals surface area contributed by atoms with Crippen LogP contribution in [0.2, 0.25) is 0 Å². The zero-order valence-corrected chi connectivity index (χ0v) is 10.3. The van der Waals surface area contributed by atoms with Crippen LogP contribution < -0.4 is 10.6 Å². The average molecular weight is 258 g/mol. The van der Waals surface area contributed by atoms with Gasteiger partial charge in [-0.2, -0.15) is 13.2 Å². The van der Waals surface area contributed by atoms with Gasteiger partial charge in [0.25, 0.3) is 0 Å². The second-order valence-corrected chi connectivity index (χ2v) is 4.82. The Morgan fingerprint density at radius 1 is 1.22 bits per heavy atom. The summed E-state index contributed by atoms with van der Waals surface area (Å²) in [6.45, 7) is 2.76. The predicted octanol–water partition coefficient (Wildman–Crippen LogP) is 3.36. The predicted molar refractivity (Wildman–Crippen MR) is 66.6 cm³/mol. The lowest BCUT2D eigenvalue weighted by Crippen LogP contribution is -2.39. The minimum absolute atomic E-state index is 0.150. The molecule has 0 spiro atoms. The van der Waals surface area contributed by atoms with Gasteiger partial charge >= 0.3 is 6.18 Å². The molecule has 1 aliphatic rings. The highest BCUT2D eigenvalue weighted by atomic mass is 19.4. The summed E-state index contributed by atoms with van der Waals surface area (Å²) in [5.41, 5.74) is 8.45. The van der Waals surface area contributed by atoms with E-state index in [2.05, 4.69) is 0 Å². The van der Waals surface area contributed by atoms with Crippen LogP contribution in [-0.2, 0) is 0 Å². The quantitative estimate of drug-likeness (QED) is 0.783. The highest BCUT2D eigenvalue weighted by molar-refractivity contribution is 5.71. The van der Waals surface area contributed by atoms with Gasteiger partial charge in [-0.15, -0.1) is 0 Å². The summed E-state index contributed by atoms with van der Waals surface area (Å²) in [5, 5.41) is 0. The fourth-order valence-electron chi connectivity index (χ4n) is 2.54. The van der Waals surface area contributed by atoms with Crippen molar-refractivity contribution in [2.24, 2.45) is 5.92 Å². The normalized spacial score (nSPS) is 18.1. The van der Waals surface area contributed by atoms with Crippen molar-refractivity contribution < 1.29 is 13.2 Å². The second-order valence-electron chi connectivity index (χ2n) is 4.82. The third-order valence-corrected chi connectivity index (χ3v) is 3.54. The molecule has 0 aliphatic carbocycles. The first kappa shape index (κ1) is 13.1. The lowest BCUT2D eigenvalue weighted by molar-refractivity contribution is -0.179. The van der Waals surface area contributed by atoms with Crippen LogP contribution in [0.25, 0.3) is 0 Å². The molecule has 1 aliphatic heterocycles. The number of aryl methyl sites for hydroxylation is 1. The molecule has 1 aromatic rings. The van der Waals surface area contributed by atoms with Crippen LogP contribution in [0.4, 0.5) is 24.5 Å². The monoisotopic (exact) mass is 258 g/mol. The van der Waals surface area contributed by atoms with Crippen molar-refractivity contribution in [1.82, 2.24) is 0 Å². The first-order valence-electron chi connectivity index (χ1n) is 6.06. The fraction of sp³-hybridized carbons (Fsp3) is 0.538. The van der Waals surface area contributed by atoms with Gasteiger partial charge in [-0.05, 0) is 31.4 Å². The number of rotatable bonds is 1. The van der Waals surface area contributed by atoms with E-state index in [1.165, 1.54) is 0 Å². The molecule has 1 fully saturated rings. The van der Waals surface area contributed by atoms with Gasteiger partial charge in [0.1, 0.15) is 0 Å². The maximum absolute atomic E-state index is 12.6. The van der Waals surface area contributed by atoms with E-state index < -0.39 is 12.1 Å². The van der Waals surface area contributed by atoms with Crippen LogP contribution in [0.3, 0.4) is 0 Å². The number of anilines is 2. The van der Waals surface area contributed by atoms with Crippen molar-refractivity contribution in [3.05, 3.63) is 23.8 Å². The molecule has 1 saturated heterocycles. The largest absolute Gasteiger partial charge is 0.397 e. The van der Waals surface area contributed by atoms with Crippen molar-refractivity contribution in [3.8, 4) is 0 Å². The molecule has 0 atom stereocenters. The van der Waals surface area contributed by atoms with Gasteiger partial charge in [-0.25, -0.2) is 0 Å². The summed E-state index contributed by atoms with van der Waals surface area (Å²) in [7, 11) is 0. The van der Waals surface area contributed by atoms with E-state index in [0.717, 1.165) is 11.3 Å². The van der Waals surface area contributed by atoms with Crippen LogP contribution in [0.15, 0.2) is 18.2 Å². The number of nitrogen functional groups attached to an aromatic ring is 1. The molecular weight excluding hydrogens is 241 g/mol. The Balaban J connectivity index is 2.11. The third-order valence-electron chi connectivity index (χ3n) is 3.54. The van der Waals surface area contributed by atoms with E-state index in [9.17, 15) is 13.2 Å². The lowest BCUT2D eigenvalue weighted by atomic mass is 9.95. The van der Waals surface area contributed by atoms with E-state index in [1.807, 2.05) is 24.0 Å². The number of benzene rings is 1. The molecule has 0 saturated carbocycles. The minimum Gasteiger partial charge on any atom is -0.397 e. The summed E-state index contributed by atoms with van der Waals surface area (Å²) < 4.78 is 37.8. The summed E-state index contributed by atoms with van der Waals surface area (Å²) in [4.78, 5) is 1.97. The molecule has 5 heteroatoms. The number of nitrogens with zero attached hydrogens (tertiary/aromatic N) is 1.